The topological polar surface area (TPSA) is 100 Å². The van der Waals surface area contributed by atoms with Crippen molar-refractivity contribution in [2.45, 2.75) is 71.6 Å². The number of hydrogen-bond acceptors (Lipinski definition) is 7. The third-order valence-electron chi connectivity index (χ3n) is 8.06. The summed E-state index contributed by atoms with van der Waals surface area (Å²) in [5.74, 6) is -0.697. The molecule has 2 aliphatic rings. The molecule has 0 spiro atoms. The number of rotatable bonds is 5. The molecule has 12 heteroatoms. The van der Waals surface area contributed by atoms with Crippen LogP contribution < -0.4 is 15.6 Å². The van der Waals surface area contributed by atoms with Crippen LogP contribution >= 0.6 is 0 Å². The molecule has 0 fully saturated rings. The minimum absolute atomic E-state index is 0.139. The van der Waals surface area contributed by atoms with Gasteiger partial charge >= 0.3 is 6.36 Å². The number of hydrogen-bond donors (Lipinski definition) is 2. The lowest BCUT2D eigenvalue weighted by Crippen LogP contribution is -2.41. The average molecular weight is 625 g/mol. The number of nitrogens with zero attached hydrogens (tertiary/aromatic N) is 4. The summed E-state index contributed by atoms with van der Waals surface area (Å²) >= 11 is 0. The van der Waals surface area contributed by atoms with Crippen molar-refractivity contribution in [2.75, 3.05) is 0 Å². The number of aromatic hydroxyl groups is 2. The summed E-state index contributed by atoms with van der Waals surface area (Å²) in [6, 6.07) is 19.5. The first-order valence-electron chi connectivity index (χ1n) is 14.6. The predicted octanol–water partition coefficient (Wildman–Crippen LogP) is 4.82. The Morgan fingerprint density at radius 3 is 1.62 bits per heavy atom. The molecular weight excluding hydrogens is 589 g/mol. The fourth-order valence-electron chi connectivity index (χ4n) is 5.62. The van der Waals surface area contributed by atoms with Crippen LogP contribution in [0.4, 0.5) is 13.2 Å². The molecular formula is C33H35F3N4O5. The summed E-state index contributed by atoms with van der Waals surface area (Å²) in [6.45, 7) is 8.22. The fraction of sp³-hybridized carbons (Fsp3) is 0.333. The maximum absolute atomic E-state index is 12.2. The third-order valence-corrected chi connectivity index (χ3v) is 8.06. The first kappa shape index (κ1) is 31.9. The van der Waals surface area contributed by atoms with Crippen molar-refractivity contribution < 1.29 is 28.1 Å². The van der Waals surface area contributed by atoms with E-state index in [1.54, 1.807) is 24.4 Å². The third kappa shape index (κ3) is 8.14. The summed E-state index contributed by atoms with van der Waals surface area (Å²) in [7, 11) is 0. The molecule has 9 nitrogen and oxygen atoms in total. The van der Waals surface area contributed by atoms with Crippen LogP contribution in [-0.2, 0) is 39.3 Å². The molecule has 0 amide bonds. The first-order chi connectivity index (χ1) is 21.3. The molecule has 45 heavy (non-hydrogen) atoms. The van der Waals surface area contributed by atoms with E-state index in [-0.39, 0.29) is 28.7 Å². The number of aromatic nitrogens is 2. The van der Waals surface area contributed by atoms with Gasteiger partial charge in [0.2, 0.25) is 10.9 Å². The Morgan fingerprint density at radius 2 is 1.18 bits per heavy atom. The van der Waals surface area contributed by atoms with Crippen molar-refractivity contribution in [1.29, 1.82) is 0 Å². The number of ether oxygens (including phenoxy) is 1. The van der Waals surface area contributed by atoms with Gasteiger partial charge in [-0.2, -0.15) is 0 Å². The predicted molar refractivity (Wildman–Crippen MR) is 162 cm³/mol. The van der Waals surface area contributed by atoms with Gasteiger partial charge in [-0.3, -0.25) is 19.4 Å². The summed E-state index contributed by atoms with van der Waals surface area (Å²) in [4.78, 5) is 27.6. The van der Waals surface area contributed by atoms with E-state index in [1.807, 2.05) is 34.3 Å². The summed E-state index contributed by atoms with van der Waals surface area (Å²) < 4.78 is 44.3. The standard InChI is InChI=1S/C17H17F3N2O3.C16H18N2O2/c1-11-7-22-10-16(24)15(23)6-13(22)9-21(11)8-12-2-4-14(5-3-12)25-17(18,19)20;1-12-8-18-11-16(20)15(19)7-14(18)10-17(12)9-13-5-3-2-4-6-13/h2-6,10-11,24H,7-9H2,1H3;2-7,11-12,20H,8-10H2,1H3. The molecule has 0 saturated heterocycles. The second kappa shape index (κ2) is 13.2. The Morgan fingerprint density at radius 1 is 0.733 bits per heavy atom. The monoisotopic (exact) mass is 624 g/mol. The van der Waals surface area contributed by atoms with Crippen LogP contribution in [0.3, 0.4) is 0 Å². The van der Waals surface area contributed by atoms with Gasteiger partial charge in [0, 0.05) is 74.9 Å². The van der Waals surface area contributed by atoms with Crippen LogP contribution in [0.2, 0.25) is 0 Å². The molecule has 6 rings (SSSR count). The maximum atomic E-state index is 12.2. The molecule has 4 heterocycles. The molecule has 0 saturated carbocycles. The van der Waals surface area contributed by atoms with Gasteiger partial charge in [-0.1, -0.05) is 42.5 Å². The highest BCUT2D eigenvalue weighted by atomic mass is 19.4. The largest absolute Gasteiger partial charge is 0.573 e. The van der Waals surface area contributed by atoms with Gasteiger partial charge in [-0.15, -0.1) is 13.2 Å². The van der Waals surface area contributed by atoms with Crippen molar-refractivity contribution in [3.63, 3.8) is 0 Å². The van der Waals surface area contributed by atoms with E-state index in [2.05, 4.69) is 33.6 Å². The second-order valence-corrected chi connectivity index (χ2v) is 11.5. The number of halogens is 3. The van der Waals surface area contributed by atoms with Crippen molar-refractivity contribution in [1.82, 2.24) is 18.9 Å². The van der Waals surface area contributed by atoms with E-state index in [0.29, 0.717) is 25.7 Å². The molecule has 2 unspecified atom stereocenters. The zero-order valence-corrected chi connectivity index (χ0v) is 24.9. The Kier molecular flexibility index (Phi) is 9.35. The quantitative estimate of drug-likeness (QED) is 0.329. The highest BCUT2D eigenvalue weighted by molar-refractivity contribution is 5.28. The van der Waals surface area contributed by atoms with E-state index in [9.17, 15) is 33.0 Å². The van der Waals surface area contributed by atoms with Crippen molar-refractivity contribution >= 4 is 0 Å². The van der Waals surface area contributed by atoms with Gasteiger partial charge in [0.25, 0.3) is 0 Å². The lowest BCUT2D eigenvalue weighted by Gasteiger charge is -2.36. The van der Waals surface area contributed by atoms with Crippen LogP contribution in [0.15, 0.2) is 88.7 Å². The number of fused-ring (bicyclic) bond motifs is 2. The van der Waals surface area contributed by atoms with Gasteiger partial charge in [-0.25, -0.2) is 0 Å². The lowest BCUT2D eigenvalue weighted by atomic mass is 10.1. The van der Waals surface area contributed by atoms with Gasteiger partial charge in [0.05, 0.1) is 12.4 Å². The summed E-state index contributed by atoms with van der Waals surface area (Å²) in [5.41, 5.74) is 3.14. The Bertz CT molecular complexity index is 1740. The lowest BCUT2D eigenvalue weighted by molar-refractivity contribution is -0.274. The van der Waals surface area contributed by atoms with Crippen LogP contribution in [-0.4, -0.2) is 47.6 Å². The van der Waals surface area contributed by atoms with Crippen LogP contribution in [0.5, 0.6) is 17.2 Å². The van der Waals surface area contributed by atoms with E-state index < -0.39 is 11.8 Å². The molecule has 0 aliphatic carbocycles. The maximum Gasteiger partial charge on any atom is 0.573 e. The summed E-state index contributed by atoms with van der Waals surface area (Å²) in [6.07, 6.45) is -1.71. The molecule has 2 aliphatic heterocycles. The zero-order valence-electron chi connectivity index (χ0n) is 24.9. The normalized spacial score (nSPS) is 18.3. The molecule has 2 atom stereocenters. The van der Waals surface area contributed by atoms with Crippen molar-refractivity contribution in [3.8, 4) is 17.2 Å². The average Bonchev–Trinajstić information content (AvgIpc) is 2.97. The second-order valence-electron chi connectivity index (χ2n) is 11.5. The Hall–Kier alpha value is -4.55. The van der Waals surface area contributed by atoms with Gasteiger partial charge in [0.1, 0.15) is 5.75 Å². The van der Waals surface area contributed by atoms with Gasteiger partial charge < -0.3 is 24.1 Å². The number of alkyl halides is 3. The van der Waals surface area contributed by atoms with Gasteiger partial charge in [0.15, 0.2) is 11.5 Å². The first-order valence-corrected chi connectivity index (χ1v) is 14.6. The molecule has 2 aromatic carbocycles. The Balaban J connectivity index is 0.000000182. The van der Waals surface area contributed by atoms with Crippen LogP contribution in [0, 0.1) is 0 Å². The molecule has 0 radical (unpaired) electrons. The number of benzene rings is 2. The van der Waals surface area contributed by atoms with Crippen molar-refractivity contribution in [3.05, 3.63) is 122 Å². The molecule has 0 bridgehead atoms. The smallest absolute Gasteiger partial charge is 0.503 e. The molecule has 238 valence electrons. The highest BCUT2D eigenvalue weighted by Crippen LogP contribution is 2.25. The highest BCUT2D eigenvalue weighted by Gasteiger charge is 2.31. The molecule has 2 N–H and O–H groups in total. The SMILES string of the molecule is CC1Cn2cc(O)c(=O)cc2CN1Cc1ccc(OC(F)(F)F)cc1.CC1Cn2cc(O)c(=O)cc2CN1Cc1ccccc1. The Labute approximate surface area is 258 Å². The van der Waals surface area contributed by atoms with Crippen LogP contribution in [0.1, 0.15) is 36.4 Å². The minimum atomic E-state index is -4.70. The van der Waals surface area contributed by atoms with Crippen molar-refractivity contribution in [2.24, 2.45) is 0 Å². The zero-order chi connectivity index (χ0) is 32.3. The minimum Gasteiger partial charge on any atom is -0.503 e. The van der Waals surface area contributed by atoms with E-state index in [4.69, 9.17) is 0 Å². The van der Waals surface area contributed by atoms with E-state index >= 15 is 0 Å². The van der Waals surface area contributed by atoms with E-state index in [0.717, 1.165) is 36.6 Å². The number of pyridine rings is 2. The molecule has 2 aromatic heterocycles. The summed E-state index contributed by atoms with van der Waals surface area (Å²) in [5, 5.41) is 19.0. The van der Waals surface area contributed by atoms with E-state index in [1.165, 1.54) is 30.0 Å². The molecule has 4 aromatic rings. The van der Waals surface area contributed by atoms with Gasteiger partial charge in [-0.05, 0) is 37.1 Å². The van der Waals surface area contributed by atoms with Crippen LogP contribution in [0.25, 0.3) is 0 Å². The fourth-order valence-corrected chi connectivity index (χ4v) is 5.62.